The van der Waals surface area contributed by atoms with Crippen molar-refractivity contribution in [2.45, 2.75) is 40.0 Å². The van der Waals surface area contributed by atoms with Crippen LogP contribution in [0, 0.1) is 0 Å². The molecule has 0 aromatic carbocycles. The molecule has 6 nitrogen and oxygen atoms in total. The van der Waals surface area contributed by atoms with Crippen LogP contribution in [-0.2, 0) is 0 Å². The van der Waals surface area contributed by atoms with Crippen molar-refractivity contribution < 1.29 is 0 Å². The highest BCUT2D eigenvalue weighted by Crippen LogP contribution is 2.10. The molecule has 0 aromatic heterocycles. The monoisotopic (exact) mass is 384 g/mol. The SMILES string of the molecule is CCN(C)CCCN1CN(CCCN(C)CC)CN(CCCN(C)CC)C1. The van der Waals surface area contributed by atoms with E-state index >= 15 is 0 Å². The van der Waals surface area contributed by atoms with Crippen LogP contribution in [0.4, 0.5) is 0 Å². The van der Waals surface area contributed by atoms with Crippen molar-refractivity contribution in [1.29, 1.82) is 0 Å². The Morgan fingerprint density at radius 1 is 0.519 bits per heavy atom. The van der Waals surface area contributed by atoms with Gasteiger partial charge in [0.05, 0.1) is 20.0 Å². The van der Waals surface area contributed by atoms with Gasteiger partial charge in [0.2, 0.25) is 0 Å². The first-order valence-electron chi connectivity index (χ1n) is 11.2. The minimum absolute atomic E-state index is 1.14. The Balaban J connectivity index is 2.44. The molecule has 6 heteroatoms. The van der Waals surface area contributed by atoms with Gasteiger partial charge in [0.15, 0.2) is 0 Å². The van der Waals surface area contributed by atoms with Crippen molar-refractivity contribution >= 4 is 0 Å². The van der Waals surface area contributed by atoms with Crippen LogP contribution in [0.3, 0.4) is 0 Å². The molecule has 1 heterocycles. The molecule has 27 heavy (non-hydrogen) atoms. The smallest absolute Gasteiger partial charge is 0.0530 e. The fourth-order valence-corrected chi connectivity index (χ4v) is 3.57. The molecule has 0 amide bonds. The lowest BCUT2D eigenvalue weighted by Gasteiger charge is -2.43. The minimum Gasteiger partial charge on any atom is -0.307 e. The Labute approximate surface area is 170 Å². The molecule has 0 aliphatic carbocycles. The third kappa shape index (κ3) is 11.4. The zero-order chi connectivity index (χ0) is 20.1. The van der Waals surface area contributed by atoms with Gasteiger partial charge in [-0.15, -0.1) is 0 Å². The summed E-state index contributed by atoms with van der Waals surface area (Å²) in [5, 5.41) is 0. The molecular weight excluding hydrogens is 336 g/mol. The van der Waals surface area contributed by atoms with E-state index < -0.39 is 0 Å². The van der Waals surface area contributed by atoms with Gasteiger partial charge in [0.1, 0.15) is 0 Å². The van der Waals surface area contributed by atoms with E-state index in [1.54, 1.807) is 0 Å². The fourth-order valence-electron chi connectivity index (χ4n) is 3.57. The first-order valence-corrected chi connectivity index (χ1v) is 11.2. The van der Waals surface area contributed by atoms with E-state index in [2.05, 4.69) is 71.3 Å². The summed E-state index contributed by atoms with van der Waals surface area (Å²) >= 11 is 0. The number of hydrogen-bond acceptors (Lipinski definition) is 6. The Bertz CT molecular complexity index is 295. The Kier molecular flexibility index (Phi) is 13.5. The Hall–Kier alpha value is -0.240. The van der Waals surface area contributed by atoms with Crippen molar-refractivity contribution in [3.05, 3.63) is 0 Å². The summed E-state index contributed by atoms with van der Waals surface area (Å²) in [5.41, 5.74) is 0. The highest BCUT2D eigenvalue weighted by molar-refractivity contribution is 4.71. The van der Waals surface area contributed by atoms with Gasteiger partial charge < -0.3 is 14.7 Å². The van der Waals surface area contributed by atoms with Crippen LogP contribution < -0.4 is 0 Å². The zero-order valence-electron chi connectivity index (χ0n) is 19.3. The predicted molar refractivity (Wildman–Crippen MR) is 118 cm³/mol. The van der Waals surface area contributed by atoms with Crippen LogP contribution in [0.25, 0.3) is 0 Å². The van der Waals surface area contributed by atoms with Crippen LogP contribution >= 0.6 is 0 Å². The molecule has 1 fully saturated rings. The van der Waals surface area contributed by atoms with Crippen LogP contribution in [0.2, 0.25) is 0 Å². The third-order valence-electron chi connectivity index (χ3n) is 5.86. The zero-order valence-corrected chi connectivity index (χ0v) is 19.3. The summed E-state index contributed by atoms with van der Waals surface area (Å²) in [7, 11) is 6.68. The summed E-state index contributed by atoms with van der Waals surface area (Å²) in [6.07, 6.45) is 3.80. The van der Waals surface area contributed by atoms with Gasteiger partial charge in [0.25, 0.3) is 0 Å². The lowest BCUT2D eigenvalue weighted by Crippen LogP contribution is -2.55. The second-order valence-corrected chi connectivity index (χ2v) is 8.36. The van der Waals surface area contributed by atoms with Crippen LogP contribution in [0.1, 0.15) is 40.0 Å². The molecule has 0 aromatic rings. The third-order valence-corrected chi connectivity index (χ3v) is 5.86. The summed E-state index contributed by atoms with van der Waals surface area (Å²) in [5.74, 6) is 0. The minimum atomic E-state index is 1.14. The van der Waals surface area contributed by atoms with E-state index in [1.165, 1.54) is 58.5 Å². The molecule has 0 spiro atoms. The second kappa shape index (κ2) is 14.7. The van der Waals surface area contributed by atoms with Crippen molar-refractivity contribution in [3.8, 4) is 0 Å². The van der Waals surface area contributed by atoms with Gasteiger partial charge in [-0.2, -0.15) is 0 Å². The molecule has 0 atom stereocenters. The quantitative estimate of drug-likeness (QED) is 0.426. The second-order valence-electron chi connectivity index (χ2n) is 8.36. The lowest BCUT2D eigenvalue weighted by atomic mass is 10.3. The Morgan fingerprint density at radius 3 is 1.00 bits per heavy atom. The Morgan fingerprint density at radius 2 is 0.778 bits per heavy atom. The van der Waals surface area contributed by atoms with E-state index in [0.29, 0.717) is 0 Å². The molecule has 0 saturated carbocycles. The summed E-state index contributed by atoms with van der Waals surface area (Å²) in [6.45, 7) is 20.8. The van der Waals surface area contributed by atoms with E-state index in [0.717, 1.165) is 39.6 Å². The molecular formula is C21H48N6. The molecule has 1 saturated heterocycles. The van der Waals surface area contributed by atoms with E-state index in [1.807, 2.05) is 0 Å². The maximum absolute atomic E-state index is 2.65. The van der Waals surface area contributed by atoms with Crippen molar-refractivity contribution in [2.75, 3.05) is 100 Å². The average molecular weight is 385 g/mol. The molecule has 0 bridgehead atoms. The molecule has 162 valence electrons. The first-order chi connectivity index (χ1) is 13.0. The predicted octanol–water partition coefficient (Wildman–Crippen LogP) is 1.80. The summed E-state index contributed by atoms with van der Waals surface area (Å²) in [4.78, 5) is 15.2. The van der Waals surface area contributed by atoms with Gasteiger partial charge in [0, 0.05) is 19.6 Å². The van der Waals surface area contributed by atoms with Gasteiger partial charge in [-0.1, -0.05) is 20.8 Å². The highest BCUT2D eigenvalue weighted by atomic mass is 15.5. The van der Waals surface area contributed by atoms with E-state index in [-0.39, 0.29) is 0 Å². The number of hydrogen-bond donors (Lipinski definition) is 0. The van der Waals surface area contributed by atoms with Gasteiger partial charge >= 0.3 is 0 Å². The molecule has 1 aliphatic rings. The lowest BCUT2D eigenvalue weighted by molar-refractivity contribution is -0.0324. The van der Waals surface area contributed by atoms with E-state index in [9.17, 15) is 0 Å². The fraction of sp³-hybridized carbons (Fsp3) is 1.00. The van der Waals surface area contributed by atoms with E-state index in [4.69, 9.17) is 0 Å². The maximum atomic E-state index is 2.65. The molecule has 1 aliphatic heterocycles. The normalized spacial score (nSPS) is 17.7. The van der Waals surface area contributed by atoms with Gasteiger partial charge in [-0.25, -0.2) is 0 Å². The van der Waals surface area contributed by atoms with Crippen molar-refractivity contribution in [2.24, 2.45) is 0 Å². The van der Waals surface area contributed by atoms with Gasteiger partial charge in [-0.05, 0) is 79.7 Å². The van der Waals surface area contributed by atoms with Crippen molar-refractivity contribution in [3.63, 3.8) is 0 Å². The summed E-state index contributed by atoms with van der Waals surface area (Å²) < 4.78 is 0. The van der Waals surface area contributed by atoms with Crippen LogP contribution in [-0.4, -0.2) is 129 Å². The standard InChI is InChI=1S/C21H48N6/c1-7-22(4)13-10-16-25-19-26(17-11-14-23(5)8-2)21-27(20-25)18-12-15-24(6)9-3/h7-21H2,1-6H3. The highest BCUT2D eigenvalue weighted by Gasteiger charge is 2.22. The largest absolute Gasteiger partial charge is 0.307 e. The average Bonchev–Trinajstić information content (AvgIpc) is 2.67. The molecule has 0 radical (unpaired) electrons. The number of nitrogens with zero attached hydrogens (tertiary/aromatic N) is 6. The first kappa shape index (κ1) is 24.8. The molecule has 0 N–H and O–H groups in total. The van der Waals surface area contributed by atoms with Crippen LogP contribution in [0.5, 0.6) is 0 Å². The number of rotatable bonds is 15. The topological polar surface area (TPSA) is 19.4 Å². The molecule has 1 rings (SSSR count). The van der Waals surface area contributed by atoms with Crippen molar-refractivity contribution in [1.82, 2.24) is 29.4 Å². The van der Waals surface area contributed by atoms with Gasteiger partial charge in [-0.3, -0.25) is 14.7 Å². The maximum Gasteiger partial charge on any atom is 0.0530 e. The van der Waals surface area contributed by atoms with Crippen LogP contribution in [0.15, 0.2) is 0 Å². The summed E-state index contributed by atoms with van der Waals surface area (Å²) in [6, 6.07) is 0. The molecule has 0 unspecified atom stereocenters.